The summed E-state index contributed by atoms with van der Waals surface area (Å²) in [5.41, 5.74) is 3.13. The molecule has 2 fully saturated rings. The molecule has 1 amide bonds. The molecule has 10 heteroatoms. The Kier molecular flexibility index (Phi) is 8.92. The van der Waals surface area contributed by atoms with Crippen molar-refractivity contribution in [3.63, 3.8) is 0 Å². The molecule has 0 spiro atoms. The van der Waals surface area contributed by atoms with E-state index < -0.39 is 0 Å². The molecule has 1 aliphatic carbocycles. The second-order valence-electron chi connectivity index (χ2n) is 12.3. The molecular weight excluding hydrogens is 574 g/mol. The van der Waals surface area contributed by atoms with Crippen LogP contribution in [0.4, 0.5) is 11.5 Å². The Bertz CT molecular complexity index is 1580. The first kappa shape index (κ1) is 30.2. The van der Waals surface area contributed by atoms with E-state index in [9.17, 15) is 10.1 Å². The molecule has 1 saturated heterocycles. The van der Waals surface area contributed by atoms with E-state index in [-0.39, 0.29) is 18.4 Å². The summed E-state index contributed by atoms with van der Waals surface area (Å²) < 4.78 is 6.40. The van der Waals surface area contributed by atoms with Gasteiger partial charge in [0.05, 0.1) is 42.4 Å². The predicted octanol–water partition coefficient (Wildman–Crippen LogP) is 5.07. The van der Waals surface area contributed by atoms with Crippen LogP contribution in [0.5, 0.6) is 6.01 Å². The van der Waals surface area contributed by atoms with Crippen LogP contribution < -0.4 is 14.5 Å². The number of benzene rings is 2. The lowest BCUT2D eigenvalue weighted by Gasteiger charge is -2.42. The molecule has 9 nitrogen and oxygen atoms in total. The fraction of sp³-hybridized carbons (Fsp3) is 0.471. The molecule has 3 heterocycles. The molecular formula is C34H40ClN7O2. The standard InChI is InChI=1S/C34H40ClN7O2/c1-4-31(43)42-19-18-41(20-25(42)14-16-36)33-26-15-17-40(30-13-6-9-23-8-5-11-27(35)32(23)30)21-28(26)37-34(38-33)44-22-24-10-7-12-29(24)39(2)3/h4-6,8-9,11,13,24-25,29H,1,7,10,12,14-15,17-22H2,2-3H3/t24-,25?,29-/m0/s1. The van der Waals surface area contributed by atoms with Gasteiger partial charge >= 0.3 is 6.01 Å². The maximum absolute atomic E-state index is 12.6. The smallest absolute Gasteiger partial charge is 0.318 e. The number of carbonyl (C=O) groups excluding carboxylic acids is 1. The van der Waals surface area contributed by atoms with E-state index in [0.717, 1.165) is 57.9 Å². The third-order valence-electron chi connectivity index (χ3n) is 9.47. The van der Waals surface area contributed by atoms with Gasteiger partial charge in [-0.2, -0.15) is 15.2 Å². The second kappa shape index (κ2) is 13.0. The molecule has 2 aromatic carbocycles. The number of ether oxygens (including phenoxy) is 1. The van der Waals surface area contributed by atoms with Gasteiger partial charge in [-0.05, 0) is 57.0 Å². The van der Waals surface area contributed by atoms with Gasteiger partial charge in [-0.1, -0.05) is 48.9 Å². The van der Waals surface area contributed by atoms with Gasteiger partial charge in [0, 0.05) is 54.8 Å². The quantitative estimate of drug-likeness (QED) is 0.325. The lowest BCUT2D eigenvalue weighted by Crippen LogP contribution is -2.55. The molecule has 3 aliphatic rings. The van der Waals surface area contributed by atoms with Crippen LogP contribution in [-0.2, 0) is 17.8 Å². The van der Waals surface area contributed by atoms with Crippen molar-refractivity contribution in [1.29, 1.82) is 5.26 Å². The zero-order chi connectivity index (χ0) is 30.8. The monoisotopic (exact) mass is 613 g/mol. The van der Waals surface area contributed by atoms with Crippen molar-refractivity contribution in [2.24, 2.45) is 5.92 Å². The van der Waals surface area contributed by atoms with Crippen LogP contribution in [-0.4, -0.2) is 84.6 Å². The van der Waals surface area contributed by atoms with Crippen LogP contribution in [0.2, 0.25) is 5.02 Å². The molecule has 3 atom stereocenters. The van der Waals surface area contributed by atoms with Gasteiger partial charge in [-0.25, -0.2) is 0 Å². The average molecular weight is 614 g/mol. The van der Waals surface area contributed by atoms with E-state index in [2.05, 4.69) is 65.7 Å². The SMILES string of the molecule is C=CC(=O)N1CCN(c2nc(OC[C@@H]3CCC[C@@H]3N(C)C)nc3c2CCN(c2cccc4cccc(Cl)c24)C3)CC1CC#N. The summed E-state index contributed by atoms with van der Waals surface area (Å²) in [5.74, 6) is 1.13. The van der Waals surface area contributed by atoms with Crippen molar-refractivity contribution < 1.29 is 9.53 Å². The molecule has 1 aromatic heterocycles. The number of nitrogens with zero attached hydrogens (tertiary/aromatic N) is 7. The topological polar surface area (TPSA) is 88.8 Å². The molecule has 1 unspecified atom stereocenters. The summed E-state index contributed by atoms with van der Waals surface area (Å²) in [4.78, 5) is 31.2. The van der Waals surface area contributed by atoms with Crippen molar-refractivity contribution in [2.45, 2.75) is 50.7 Å². The Hall–Kier alpha value is -3.87. The molecule has 0 radical (unpaired) electrons. The van der Waals surface area contributed by atoms with Crippen LogP contribution in [0.15, 0.2) is 49.1 Å². The van der Waals surface area contributed by atoms with Crippen molar-refractivity contribution in [3.8, 4) is 12.1 Å². The van der Waals surface area contributed by atoms with Gasteiger partial charge in [0.15, 0.2) is 0 Å². The molecule has 230 valence electrons. The molecule has 0 bridgehead atoms. The summed E-state index contributed by atoms with van der Waals surface area (Å²) >= 11 is 6.72. The minimum Gasteiger partial charge on any atom is -0.463 e. The molecule has 6 rings (SSSR count). The summed E-state index contributed by atoms with van der Waals surface area (Å²) in [6, 6.07) is 15.2. The number of hydrogen-bond acceptors (Lipinski definition) is 8. The second-order valence-corrected chi connectivity index (χ2v) is 12.7. The molecule has 0 N–H and O–H groups in total. The number of halogens is 1. The van der Waals surface area contributed by atoms with Crippen molar-refractivity contribution in [2.75, 3.05) is 56.7 Å². The first-order valence-electron chi connectivity index (χ1n) is 15.5. The first-order chi connectivity index (χ1) is 21.4. The number of piperazine rings is 1. The Morgan fingerprint density at radius 2 is 1.98 bits per heavy atom. The summed E-state index contributed by atoms with van der Waals surface area (Å²) in [5, 5.41) is 12.4. The zero-order valence-corrected chi connectivity index (χ0v) is 26.3. The van der Waals surface area contributed by atoms with Gasteiger partial charge < -0.3 is 24.3 Å². The Morgan fingerprint density at radius 3 is 2.75 bits per heavy atom. The number of amides is 1. The largest absolute Gasteiger partial charge is 0.463 e. The van der Waals surface area contributed by atoms with Crippen LogP contribution in [0.1, 0.15) is 36.9 Å². The van der Waals surface area contributed by atoms with Gasteiger partial charge in [0.25, 0.3) is 0 Å². The van der Waals surface area contributed by atoms with Gasteiger partial charge in [-0.3, -0.25) is 4.79 Å². The maximum Gasteiger partial charge on any atom is 0.318 e. The third-order valence-corrected chi connectivity index (χ3v) is 9.79. The Balaban J connectivity index is 1.34. The van der Waals surface area contributed by atoms with E-state index in [1.165, 1.54) is 18.9 Å². The van der Waals surface area contributed by atoms with Crippen LogP contribution in [0.25, 0.3) is 10.8 Å². The summed E-state index contributed by atoms with van der Waals surface area (Å²) in [7, 11) is 4.28. The van der Waals surface area contributed by atoms with E-state index in [4.69, 9.17) is 26.3 Å². The van der Waals surface area contributed by atoms with Crippen LogP contribution >= 0.6 is 11.6 Å². The fourth-order valence-electron chi connectivity index (χ4n) is 7.27. The summed E-state index contributed by atoms with van der Waals surface area (Å²) in [6.07, 6.45) is 5.83. The number of nitriles is 1. The van der Waals surface area contributed by atoms with Crippen molar-refractivity contribution >= 4 is 39.8 Å². The van der Waals surface area contributed by atoms with E-state index in [0.29, 0.717) is 50.8 Å². The van der Waals surface area contributed by atoms with Crippen LogP contribution in [0.3, 0.4) is 0 Å². The number of carbonyl (C=O) groups is 1. The zero-order valence-electron chi connectivity index (χ0n) is 25.6. The fourth-order valence-corrected chi connectivity index (χ4v) is 7.55. The van der Waals surface area contributed by atoms with Crippen molar-refractivity contribution in [3.05, 3.63) is 65.3 Å². The number of fused-ring (bicyclic) bond motifs is 2. The molecule has 44 heavy (non-hydrogen) atoms. The number of rotatable bonds is 8. The highest BCUT2D eigenvalue weighted by Crippen LogP contribution is 2.37. The first-order valence-corrected chi connectivity index (χ1v) is 15.9. The predicted molar refractivity (Wildman–Crippen MR) is 174 cm³/mol. The molecule has 3 aromatic rings. The van der Waals surface area contributed by atoms with Gasteiger partial charge in [0.1, 0.15) is 5.82 Å². The number of anilines is 2. The molecule has 1 saturated carbocycles. The minimum atomic E-state index is -0.244. The Labute approximate surface area is 264 Å². The van der Waals surface area contributed by atoms with E-state index >= 15 is 0 Å². The number of hydrogen-bond donors (Lipinski definition) is 0. The lowest BCUT2D eigenvalue weighted by molar-refractivity contribution is -0.128. The highest BCUT2D eigenvalue weighted by molar-refractivity contribution is 6.36. The minimum absolute atomic E-state index is 0.143. The van der Waals surface area contributed by atoms with Gasteiger partial charge in [0.2, 0.25) is 5.91 Å². The molecule has 2 aliphatic heterocycles. The van der Waals surface area contributed by atoms with Crippen molar-refractivity contribution in [1.82, 2.24) is 19.8 Å². The summed E-state index contributed by atoms with van der Waals surface area (Å²) in [6.45, 7) is 7.25. The highest BCUT2D eigenvalue weighted by Gasteiger charge is 2.34. The maximum atomic E-state index is 12.6. The third kappa shape index (κ3) is 5.93. The van der Waals surface area contributed by atoms with Gasteiger partial charge in [-0.15, -0.1) is 0 Å². The lowest BCUT2D eigenvalue weighted by atomic mass is 10.0. The number of aromatic nitrogens is 2. The van der Waals surface area contributed by atoms with E-state index in [1.54, 1.807) is 4.90 Å². The van der Waals surface area contributed by atoms with E-state index in [1.807, 2.05) is 12.1 Å². The Morgan fingerprint density at radius 1 is 1.16 bits per heavy atom. The average Bonchev–Trinajstić information content (AvgIpc) is 3.52. The highest BCUT2D eigenvalue weighted by atomic mass is 35.5. The van der Waals surface area contributed by atoms with Crippen LogP contribution in [0, 0.1) is 17.2 Å². The normalized spacial score (nSPS) is 21.8.